The third kappa shape index (κ3) is 8.21. The van der Waals surface area contributed by atoms with Gasteiger partial charge < -0.3 is 15.5 Å². The minimum Gasteiger partial charge on any atom is -0.441 e. The van der Waals surface area contributed by atoms with E-state index in [1.54, 1.807) is 6.20 Å². The van der Waals surface area contributed by atoms with Gasteiger partial charge in [-0.1, -0.05) is 50.1 Å². The van der Waals surface area contributed by atoms with Gasteiger partial charge >= 0.3 is 0 Å². The number of benzene rings is 1. The predicted octanol–water partition coefficient (Wildman–Crippen LogP) is 4.14. The molecule has 3 N–H and O–H groups in total. The molecule has 1 heterocycles. The molecule has 1 aromatic carbocycles. The number of nitrogens with zero attached hydrogens (tertiary/aromatic N) is 1. The summed E-state index contributed by atoms with van der Waals surface area (Å²) in [7, 11) is 0. The number of oxazole rings is 1. The van der Waals surface area contributed by atoms with Crippen molar-refractivity contribution in [3.05, 3.63) is 42.4 Å². The Morgan fingerprint density at radius 2 is 1.96 bits per heavy atom. The summed E-state index contributed by atoms with van der Waals surface area (Å²) in [5.41, 5.74) is 6.71. The Kier molecular flexibility index (Phi) is 12.8. The number of hydrogen-bond donors (Lipinski definition) is 2. The van der Waals surface area contributed by atoms with Crippen LogP contribution in [0.2, 0.25) is 0 Å². The average molecular weight is 402 g/mol. The molecule has 0 aliphatic carbocycles. The number of rotatable bonds is 10. The quantitative estimate of drug-likeness (QED) is 0.626. The lowest BCUT2D eigenvalue weighted by molar-refractivity contribution is -0.121. The second-order valence-electron chi connectivity index (χ2n) is 5.98. The van der Waals surface area contributed by atoms with Gasteiger partial charge in [-0.25, -0.2) is 4.98 Å². The molecular formula is C19H29Cl2N3O2. The molecular weight excluding hydrogens is 373 g/mol. The number of unbranched alkanes of at least 4 members (excludes halogenated alkanes) is 1. The van der Waals surface area contributed by atoms with Crippen LogP contribution in [0.4, 0.5) is 0 Å². The zero-order chi connectivity index (χ0) is 17.2. The average Bonchev–Trinajstić information content (AvgIpc) is 3.08. The summed E-state index contributed by atoms with van der Waals surface area (Å²) in [6.07, 6.45) is 6.71. The SMILES string of the molecule is CCCCC(CN)NC(=O)CCCc1ncc(-c2ccccc2)o1.Cl.Cl. The standard InChI is InChI=1S/C19H27N3O2.2ClH/c1-2-3-10-16(13-20)22-18(23)11-7-12-19-21-14-17(24-19)15-8-5-4-6-9-15;;/h4-6,8-9,14,16H,2-3,7,10-13,20H2,1H3,(H,22,23);2*1H. The molecule has 2 aromatic rings. The molecule has 0 aliphatic heterocycles. The van der Waals surface area contributed by atoms with Crippen LogP contribution >= 0.6 is 24.8 Å². The van der Waals surface area contributed by atoms with Crippen LogP contribution in [0.15, 0.2) is 40.9 Å². The van der Waals surface area contributed by atoms with Crippen LogP contribution in [0.5, 0.6) is 0 Å². The maximum Gasteiger partial charge on any atom is 0.220 e. The Balaban J connectivity index is 0.00000312. The molecule has 26 heavy (non-hydrogen) atoms. The molecule has 0 spiro atoms. The molecule has 0 radical (unpaired) electrons. The highest BCUT2D eigenvalue weighted by Crippen LogP contribution is 2.20. The van der Waals surface area contributed by atoms with Crippen molar-refractivity contribution in [3.63, 3.8) is 0 Å². The normalized spacial score (nSPS) is 11.2. The predicted molar refractivity (Wildman–Crippen MR) is 110 cm³/mol. The Morgan fingerprint density at radius 1 is 1.23 bits per heavy atom. The molecule has 1 aromatic heterocycles. The van der Waals surface area contributed by atoms with Crippen molar-refractivity contribution in [2.24, 2.45) is 5.73 Å². The zero-order valence-corrected chi connectivity index (χ0v) is 16.8. The monoisotopic (exact) mass is 401 g/mol. The summed E-state index contributed by atoms with van der Waals surface area (Å²) < 4.78 is 5.74. The molecule has 1 unspecified atom stereocenters. The summed E-state index contributed by atoms with van der Waals surface area (Å²) in [6.45, 7) is 2.63. The van der Waals surface area contributed by atoms with E-state index in [1.165, 1.54) is 0 Å². The number of carbonyl (C=O) groups excluding carboxylic acids is 1. The van der Waals surface area contributed by atoms with Crippen LogP contribution in [0.3, 0.4) is 0 Å². The van der Waals surface area contributed by atoms with Gasteiger partial charge in [0.25, 0.3) is 0 Å². The molecule has 1 amide bonds. The summed E-state index contributed by atoms with van der Waals surface area (Å²) in [4.78, 5) is 16.3. The van der Waals surface area contributed by atoms with Crippen LogP contribution in [-0.4, -0.2) is 23.5 Å². The summed E-state index contributed by atoms with van der Waals surface area (Å²) in [6, 6.07) is 9.96. The molecule has 0 saturated carbocycles. The van der Waals surface area contributed by atoms with Crippen molar-refractivity contribution >= 4 is 30.7 Å². The van der Waals surface area contributed by atoms with Gasteiger partial charge in [0.15, 0.2) is 11.7 Å². The summed E-state index contributed by atoms with van der Waals surface area (Å²) >= 11 is 0. The molecule has 5 nitrogen and oxygen atoms in total. The van der Waals surface area contributed by atoms with Crippen LogP contribution in [0, 0.1) is 0 Å². The van der Waals surface area contributed by atoms with Crippen LogP contribution < -0.4 is 11.1 Å². The number of nitrogens with one attached hydrogen (secondary N) is 1. The molecule has 0 bridgehead atoms. The molecule has 0 saturated heterocycles. The number of halogens is 2. The molecule has 7 heteroatoms. The summed E-state index contributed by atoms with van der Waals surface area (Å²) in [5, 5.41) is 3.00. The molecule has 1 atom stereocenters. The van der Waals surface area contributed by atoms with E-state index in [9.17, 15) is 4.79 Å². The van der Waals surface area contributed by atoms with E-state index in [0.29, 0.717) is 31.7 Å². The lowest BCUT2D eigenvalue weighted by Crippen LogP contribution is -2.40. The van der Waals surface area contributed by atoms with Gasteiger partial charge in [0.1, 0.15) is 0 Å². The van der Waals surface area contributed by atoms with Crippen LogP contribution in [0.1, 0.15) is 44.9 Å². The van der Waals surface area contributed by atoms with Crippen molar-refractivity contribution < 1.29 is 9.21 Å². The maximum atomic E-state index is 12.0. The second-order valence-corrected chi connectivity index (χ2v) is 5.98. The van der Waals surface area contributed by atoms with Gasteiger partial charge in [-0.2, -0.15) is 0 Å². The largest absolute Gasteiger partial charge is 0.441 e. The van der Waals surface area contributed by atoms with Crippen molar-refractivity contribution in [2.45, 2.75) is 51.5 Å². The Labute approximate surface area is 168 Å². The van der Waals surface area contributed by atoms with E-state index in [4.69, 9.17) is 10.2 Å². The Morgan fingerprint density at radius 3 is 2.62 bits per heavy atom. The van der Waals surface area contributed by atoms with Crippen molar-refractivity contribution in [1.82, 2.24) is 10.3 Å². The molecule has 0 aliphatic rings. The van der Waals surface area contributed by atoms with E-state index in [2.05, 4.69) is 17.2 Å². The molecule has 2 rings (SSSR count). The van der Waals surface area contributed by atoms with Crippen molar-refractivity contribution in [2.75, 3.05) is 6.54 Å². The zero-order valence-electron chi connectivity index (χ0n) is 15.1. The van der Waals surface area contributed by atoms with Gasteiger partial charge in [0.05, 0.1) is 6.20 Å². The van der Waals surface area contributed by atoms with Gasteiger partial charge in [0.2, 0.25) is 5.91 Å². The minimum absolute atomic E-state index is 0. The van der Waals surface area contributed by atoms with Crippen LogP contribution in [-0.2, 0) is 11.2 Å². The first-order valence-electron chi connectivity index (χ1n) is 8.72. The van der Waals surface area contributed by atoms with E-state index in [0.717, 1.165) is 30.6 Å². The fraction of sp³-hybridized carbons (Fsp3) is 0.474. The minimum atomic E-state index is 0. The fourth-order valence-corrected chi connectivity index (χ4v) is 2.56. The van der Waals surface area contributed by atoms with Gasteiger partial charge in [0, 0.05) is 31.0 Å². The lowest BCUT2D eigenvalue weighted by Gasteiger charge is -2.16. The van der Waals surface area contributed by atoms with Crippen molar-refractivity contribution in [3.8, 4) is 11.3 Å². The summed E-state index contributed by atoms with van der Waals surface area (Å²) in [5.74, 6) is 1.48. The molecule has 0 fully saturated rings. The van der Waals surface area contributed by atoms with Crippen LogP contribution in [0.25, 0.3) is 11.3 Å². The first kappa shape index (κ1) is 24.4. The maximum absolute atomic E-state index is 12.0. The number of hydrogen-bond acceptors (Lipinski definition) is 4. The lowest BCUT2D eigenvalue weighted by atomic mass is 10.1. The number of amides is 1. The Bertz CT molecular complexity index is 620. The second kappa shape index (κ2) is 13.6. The first-order valence-corrected chi connectivity index (χ1v) is 8.72. The highest BCUT2D eigenvalue weighted by Gasteiger charge is 2.11. The van der Waals surface area contributed by atoms with E-state index in [-0.39, 0.29) is 36.8 Å². The number of nitrogens with two attached hydrogens (primary N) is 1. The van der Waals surface area contributed by atoms with Crippen molar-refractivity contribution in [1.29, 1.82) is 0 Å². The third-order valence-corrected chi connectivity index (χ3v) is 3.96. The molecule has 146 valence electrons. The number of aryl methyl sites for hydroxylation is 1. The topological polar surface area (TPSA) is 81.1 Å². The van der Waals surface area contributed by atoms with E-state index >= 15 is 0 Å². The number of aromatic nitrogens is 1. The smallest absolute Gasteiger partial charge is 0.220 e. The van der Waals surface area contributed by atoms with E-state index in [1.807, 2.05) is 30.3 Å². The number of carbonyl (C=O) groups is 1. The highest BCUT2D eigenvalue weighted by atomic mass is 35.5. The van der Waals surface area contributed by atoms with Gasteiger partial charge in [-0.15, -0.1) is 24.8 Å². The Hall–Kier alpha value is -1.56. The highest BCUT2D eigenvalue weighted by molar-refractivity contribution is 5.85. The van der Waals surface area contributed by atoms with E-state index < -0.39 is 0 Å². The van der Waals surface area contributed by atoms with Gasteiger partial charge in [-0.3, -0.25) is 4.79 Å². The first-order chi connectivity index (χ1) is 11.7. The third-order valence-electron chi connectivity index (χ3n) is 3.96. The van der Waals surface area contributed by atoms with Gasteiger partial charge in [-0.05, 0) is 12.8 Å². The fourth-order valence-electron chi connectivity index (χ4n) is 2.56.